The van der Waals surface area contributed by atoms with Crippen LogP contribution in [0.15, 0.2) is 28.9 Å². The molecule has 0 radical (unpaired) electrons. The fourth-order valence-electron chi connectivity index (χ4n) is 4.70. The number of halogens is 1. The molecule has 6 heteroatoms. The molecule has 1 aliphatic heterocycles. The number of fused-ring (bicyclic) bond motifs is 4. The third-order valence-electron chi connectivity index (χ3n) is 6.03. The molecule has 28 heavy (non-hydrogen) atoms. The second-order valence-corrected chi connectivity index (χ2v) is 8.29. The monoisotopic (exact) mass is 398 g/mol. The summed E-state index contributed by atoms with van der Waals surface area (Å²) in [5.74, 6) is 1.71. The topological polar surface area (TPSA) is 64.2 Å². The van der Waals surface area contributed by atoms with Crippen LogP contribution in [0.2, 0.25) is 5.02 Å². The molecule has 1 fully saturated rings. The van der Waals surface area contributed by atoms with Crippen molar-refractivity contribution >= 4 is 28.3 Å². The largest absolute Gasteiger partial charge is 0.459 e. The lowest BCUT2D eigenvalue weighted by Crippen LogP contribution is -2.48. The molecule has 1 aromatic heterocycles. The van der Waals surface area contributed by atoms with Crippen LogP contribution in [0.5, 0.6) is 0 Å². The smallest absolute Gasteiger partial charge is 0.142 e. The van der Waals surface area contributed by atoms with Gasteiger partial charge in [0.25, 0.3) is 0 Å². The molecule has 5 nitrogen and oxygen atoms in total. The van der Waals surface area contributed by atoms with Crippen molar-refractivity contribution in [2.45, 2.75) is 57.5 Å². The lowest BCUT2D eigenvalue weighted by atomic mass is 9.74. The van der Waals surface area contributed by atoms with Gasteiger partial charge in [0, 0.05) is 23.9 Å². The normalized spacial score (nSPS) is 18.0. The first-order valence-electron chi connectivity index (χ1n) is 10.1. The Morgan fingerprint density at radius 3 is 2.82 bits per heavy atom. The Morgan fingerprint density at radius 2 is 2.11 bits per heavy atom. The van der Waals surface area contributed by atoms with Gasteiger partial charge >= 0.3 is 0 Å². The second-order valence-electron chi connectivity index (χ2n) is 7.89. The fraction of sp³-hybridized carbons (Fsp3) is 0.500. The minimum Gasteiger partial charge on any atom is -0.459 e. The predicted octanol–water partition coefficient (Wildman–Crippen LogP) is 5.47. The van der Waals surface area contributed by atoms with Crippen LogP contribution in [-0.2, 0) is 12.1 Å². The van der Waals surface area contributed by atoms with Gasteiger partial charge in [-0.3, -0.25) is 4.90 Å². The van der Waals surface area contributed by atoms with E-state index in [9.17, 15) is 0 Å². The Hall–Kier alpha value is -2.16. The number of benzene rings is 1. The summed E-state index contributed by atoms with van der Waals surface area (Å²) in [7, 11) is 0. The predicted molar refractivity (Wildman–Crippen MR) is 113 cm³/mol. The van der Waals surface area contributed by atoms with Gasteiger partial charge in [-0.2, -0.15) is 5.26 Å². The zero-order chi connectivity index (χ0) is 19.7. The molecule has 1 saturated carbocycles. The Balaban J connectivity index is 1.79. The zero-order valence-corrected chi connectivity index (χ0v) is 17.2. The van der Waals surface area contributed by atoms with Gasteiger partial charge in [-0.25, -0.2) is 0 Å². The molecule has 4 rings (SSSR count). The molecule has 2 aromatic rings. The van der Waals surface area contributed by atoms with E-state index in [0.717, 1.165) is 59.7 Å². The summed E-state index contributed by atoms with van der Waals surface area (Å²) in [6, 6.07) is 6.30. The maximum absolute atomic E-state index is 8.88. The van der Waals surface area contributed by atoms with Crippen LogP contribution < -0.4 is 10.6 Å². The zero-order valence-electron chi connectivity index (χ0n) is 16.4. The van der Waals surface area contributed by atoms with Gasteiger partial charge in [0.05, 0.1) is 34.7 Å². The number of furan rings is 1. The van der Waals surface area contributed by atoms with Gasteiger partial charge < -0.3 is 15.1 Å². The van der Waals surface area contributed by atoms with Crippen LogP contribution in [0, 0.1) is 11.3 Å². The molecule has 1 spiro atoms. The number of anilines is 1. The summed E-state index contributed by atoms with van der Waals surface area (Å²) in [5.41, 5.74) is 2.82. The van der Waals surface area contributed by atoms with Crippen molar-refractivity contribution in [1.29, 1.82) is 5.26 Å². The van der Waals surface area contributed by atoms with E-state index in [1.807, 2.05) is 6.07 Å². The highest BCUT2D eigenvalue weighted by Gasteiger charge is 2.42. The van der Waals surface area contributed by atoms with Gasteiger partial charge in [0.15, 0.2) is 0 Å². The lowest BCUT2D eigenvalue weighted by Gasteiger charge is -2.44. The first kappa shape index (κ1) is 19.2. The minimum atomic E-state index is -0.167. The Kier molecular flexibility index (Phi) is 5.27. The second kappa shape index (κ2) is 7.69. The van der Waals surface area contributed by atoms with Gasteiger partial charge in [0.1, 0.15) is 11.3 Å². The van der Waals surface area contributed by atoms with Crippen LogP contribution in [0.3, 0.4) is 0 Å². The van der Waals surface area contributed by atoms with Gasteiger partial charge in [0.2, 0.25) is 0 Å². The highest BCUT2D eigenvalue weighted by Crippen LogP contribution is 2.49. The molecule has 0 bridgehead atoms. The molecule has 0 atom stereocenters. The number of rotatable bonds is 5. The third-order valence-corrected chi connectivity index (χ3v) is 6.33. The van der Waals surface area contributed by atoms with E-state index in [1.165, 1.54) is 19.3 Å². The molecular formula is C22H27ClN4O. The highest BCUT2D eigenvalue weighted by molar-refractivity contribution is 6.34. The first-order valence-corrected chi connectivity index (χ1v) is 10.5. The van der Waals surface area contributed by atoms with Crippen LogP contribution in [-0.4, -0.2) is 18.0 Å². The van der Waals surface area contributed by atoms with E-state index in [-0.39, 0.29) is 5.54 Å². The number of hydrogen-bond donors (Lipinski definition) is 2. The van der Waals surface area contributed by atoms with E-state index in [0.29, 0.717) is 18.0 Å². The first-order chi connectivity index (χ1) is 13.6. The minimum absolute atomic E-state index is 0.167. The maximum Gasteiger partial charge on any atom is 0.142 e. The summed E-state index contributed by atoms with van der Waals surface area (Å²) in [4.78, 5) is 2.23. The molecular weight excluding hydrogens is 372 g/mol. The number of nitriles is 1. The van der Waals surface area contributed by atoms with Gasteiger partial charge in [-0.1, -0.05) is 44.4 Å². The summed E-state index contributed by atoms with van der Waals surface area (Å²) in [6.07, 6.45) is 6.24. The maximum atomic E-state index is 8.88. The summed E-state index contributed by atoms with van der Waals surface area (Å²) < 4.78 is 6.40. The third kappa shape index (κ3) is 3.36. The van der Waals surface area contributed by atoms with Crippen LogP contribution in [0.4, 0.5) is 5.69 Å². The quantitative estimate of drug-likeness (QED) is 0.699. The molecule has 0 unspecified atom stereocenters. The molecule has 0 amide bonds. The van der Waals surface area contributed by atoms with Crippen molar-refractivity contribution in [2.75, 3.05) is 18.4 Å². The average molecular weight is 399 g/mol. The van der Waals surface area contributed by atoms with Gasteiger partial charge in [-0.15, -0.1) is 0 Å². The van der Waals surface area contributed by atoms with Crippen molar-refractivity contribution in [3.05, 3.63) is 40.9 Å². The van der Waals surface area contributed by atoms with Crippen molar-refractivity contribution in [1.82, 2.24) is 10.2 Å². The highest BCUT2D eigenvalue weighted by atomic mass is 35.5. The molecule has 2 N–H and O–H groups in total. The van der Waals surface area contributed by atoms with Crippen LogP contribution in [0.1, 0.15) is 56.8 Å². The van der Waals surface area contributed by atoms with Crippen LogP contribution in [0.25, 0.3) is 11.0 Å². The summed E-state index contributed by atoms with van der Waals surface area (Å²) in [5, 5.41) is 17.6. The molecule has 0 saturated heterocycles. The molecule has 1 aliphatic carbocycles. The van der Waals surface area contributed by atoms with E-state index in [2.05, 4.69) is 41.2 Å². The van der Waals surface area contributed by atoms with Crippen molar-refractivity contribution < 1.29 is 4.42 Å². The van der Waals surface area contributed by atoms with E-state index >= 15 is 0 Å². The SMILES string of the molecule is C=C1Nc2c(Cl)cc3cc(CN(CC)CCC#N)oc3c2C2(CCCCC2)N1. The molecule has 1 aromatic carbocycles. The Morgan fingerprint density at radius 1 is 1.32 bits per heavy atom. The van der Waals surface area contributed by atoms with Crippen molar-refractivity contribution in [3.8, 4) is 6.07 Å². The Labute approximate surface area is 171 Å². The number of nitrogens with zero attached hydrogens (tertiary/aromatic N) is 2. The summed E-state index contributed by atoms with van der Waals surface area (Å²) in [6.45, 7) is 8.55. The van der Waals surface area contributed by atoms with E-state index in [4.69, 9.17) is 21.3 Å². The van der Waals surface area contributed by atoms with E-state index in [1.54, 1.807) is 0 Å². The molecule has 2 aliphatic rings. The number of hydrogen-bond acceptors (Lipinski definition) is 5. The average Bonchev–Trinajstić information content (AvgIpc) is 3.07. The van der Waals surface area contributed by atoms with Crippen LogP contribution >= 0.6 is 11.6 Å². The molecule has 148 valence electrons. The standard InChI is InChI=1S/C22H27ClN4O/c1-3-27(11-7-10-24)14-17-12-16-13-18(23)20-19(21(16)28-17)22(26-15(2)25-20)8-5-4-6-9-22/h12-13,25-26H,2-9,11,14H2,1H3. The summed E-state index contributed by atoms with van der Waals surface area (Å²) >= 11 is 6.68. The van der Waals surface area contributed by atoms with Gasteiger partial charge in [-0.05, 0) is 31.5 Å². The fourth-order valence-corrected chi connectivity index (χ4v) is 4.96. The lowest BCUT2D eigenvalue weighted by molar-refractivity contribution is 0.247. The van der Waals surface area contributed by atoms with E-state index < -0.39 is 0 Å². The van der Waals surface area contributed by atoms with Crippen molar-refractivity contribution in [2.24, 2.45) is 0 Å². The molecule has 2 heterocycles. The number of nitrogens with one attached hydrogen (secondary N) is 2. The Bertz CT molecular complexity index is 936. The van der Waals surface area contributed by atoms with Crippen molar-refractivity contribution in [3.63, 3.8) is 0 Å².